The van der Waals surface area contributed by atoms with Gasteiger partial charge in [0.2, 0.25) is 0 Å². The maximum Gasteiger partial charge on any atom is 0.339 e. The molecule has 3 aromatic carbocycles. The first kappa shape index (κ1) is 25.6. The van der Waals surface area contributed by atoms with E-state index in [2.05, 4.69) is 13.0 Å². The number of phenols is 1. The summed E-state index contributed by atoms with van der Waals surface area (Å²) in [4.78, 5) is 0. The second-order valence-electron chi connectivity index (χ2n) is 11.7. The molecule has 0 aliphatic heterocycles. The zero-order valence-electron chi connectivity index (χ0n) is 22.0. The highest BCUT2D eigenvalue weighted by Gasteiger charge is 2.56. The lowest BCUT2D eigenvalue weighted by molar-refractivity contribution is -0.0114. The standard InChI is InChI=1S/C32H37NO4S/c1-32-19-18-28-27-15-13-26(34)20-25(27)12-14-29(28)30(32)16-17-31(32)37-38(35,36)33(21-23-8-4-2-5-9-23)22-24-10-6-3-7-11-24/h2-11,13,15,20,28-31,34H,12,14,16-19,21-22H2,1H3/t28?,29?,30?,31-,32-/m0/s1. The van der Waals surface area contributed by atoms with Crippen LogP contribution in [-0.4, -0.2) is 23.9 Å². The van der Waals surface area contributed by atoms with E-state index in [1.165, 1.54) is 15.4 Å². The number of aryl methyl sites for hydroxylation is 1. The molecule has 0 bridgehead atoms. The van der Waals surface area contributed by atoms with Gasteiger partial charge < -0.3 is 5.11 Å². The van der Waals surface area contributed by atoms with Gasteiger partial charge in [-0.25, -0.2) is 0 Å². The largest absolute Gasteiger partial charge is 0.508 e. The molecule has 5 nitrogen and oxygen atoms in total. The fourth-order valence-electron chi connectivity index (χ4n) is 7.67. The molecule has 0 heterocycles. The number of phenolic OH excluding ortho intramolecular Hbond substituents is 1. The van der Waals surface area contributed by atoms with Crippen LogP contribution < -0.4 is 0 Å². The van der Waals surface area contributed by atoms with Gasteiger partial charge in [-0.2, -0.15) is 12.7 Å². The molecule has 0 saturated heterocycles. The zero-order chi connectivity index (χ0) is 26.3. The van der Waals surface area contributed by atoms with Crippen molar-refractivity contribution in [3.63, 3.8) is 0 Å². The van der Waals surface area contributed by atoms with Crippen molar-refractivity contribution in [1.29, 1.82) is 0 Å². The van der Waals surface area contributed by atoms with E-state index in [1.807, 2.05) is 72.8 Å². The summed E-state index contributed by atoms with van der Waals surface area (Å²) >= 11 is 0. The zero-order valence-corrected chi connectivity index (χ0v) is 22.8. The first-order chi connectivity index (χ1) is 18.3. The highest BCUT2D eigenvalue weighted by molar-refractivity contribution is 7.84. The van der Waals surface area contributed by atoms with Gasteiger partial charge in [0.1, 0.15) is 5.75 Å². The average Bonchev–Trinajstić information content (AvgIpc) is 3.24. The van der Waals surface area contributed by atoms with E-state index in [0.29, 0.717) is 23.5 Å². The highest BCUT2D eigenvalue weighted by Crippen LogP contribution is 2.61. The lowest BCUT2D eigenvalue weighted by Crippen LogP contribution is -2.46. The summed E-state index contributed by atoms with van der Waals surface area (Å²) in [5.74, 6) is 1.81. The third-order valence-electron chi connectivity index (χ3n) is 9.58. The minimum atomic E-state index is -3.97. The molecule has 2 saturated carbocycles. The Balaban J connectivity index is 1.23. The van der Waals surface area contributed by atoms with Gasteiger partial charge in [-0.15, -0.1) is 0 Å². The molecular formula is C32H37NO4S. The molecule has 6 heteroatoms. The summed E-state index contributed by atoms with van der Waals surface area (Å²) in [7, 11) is -3.97. The molecule has 2 fully saturated rings. The van der Waals surface area contributed by atoms with Crippen LogP contribution in [0.2, 0.25) is 0 Å². The third kappa shape index (κ3) is 4.78. The molecule has 5 atom stereocenters. The van der Waals surface area contributed by atoms with E-state index >= 15 is 0 Å². The fraction of sp³-hybridized carbons (Fsp3) is 0.438. The number of rotatable bonds is 7. The van der Waals surface area contributed by atoms with Crippen LogP contribution in [0.3, 0.4) is 0 Å². The molecule has 3 aromatic rings. The van der Waals surface area contributed by atoms with E-state index < -0.39 is 10.3 Å². The Morgan fingerprint density at radius 2 is 1.55 bits per heavy atom. The van der Waals surface area contributed by atoms with Crippen LogP contribution in [0.5, 0.6) is 5.75 Å². The second kappa shape index (κ2) is 10.1. The maximum absolute atomic E-state index is 13.9. The minimum absolute atomic E-state index is 0.159. The quantitative estimate of drug-likeness (QED) is 0.374. The highest BCUT2D eigenvalue weighted by atomic mass is 32.2. The predicted octanol–water partition coefficient (Wildman–Crippen LogP) is 6.58. The van der Waals surface area contributed by atoms with Gasteiger partial charge in [0.05, 0.1) is 6.10 Å². The van der Waals surface area contributed by atoms with Gasteiger partial charge in [0.25, 0.3) is 0 Å². The van der Waals surface area contributed by atoms with Crippen LogP contribution >= 0.6 is 0 Å². The normalized spacial score (nSPS) is 28.5. The summed E-state index contributed by atoms with van der Waals surface area (Å²) in [6, 6.07) is 25.3. The van der Waals surface area contributed by atoms with Crippen LogP contribution in [0.25, 0.3) is 0 Å². The first-order valence-corrected chi connectivity index (χ1v) is 15.3. The molecule has 0 radical (unpaired) electrons. The van der Waals surface area contributed by atoms with Gasteiger partial charge in [-0.05, 0) is 96.1 Å². The number of hydrogen-bond acceptors (Lipinski definition) is 4. The molecule has 38 heavy (non-hydrogen) atoms. The van der Waals surface area contributed by atoms with E-state index in [-0.39, 0.29) is 24.6 Å². The first-order valence-electron chi connectivity index (χ1n) is 13.9. The van der Waals surface area contributed by atoms with Crippen molar-refractivity contribution in [2.45, 2.75) is 70.6 Å². The fourth-order valence-corrected chi connectivity index (χ4v) is 9.02. The summed E-state index contributed by atoms with van der Waals surface area (Å²) in [6.45, 7) is 2.82. The summed E-state index contributed by atoms with van der Waals surface area (Å²) in [6.07, 6.45) is 5.52. The van der Waals surface area contributed by atoms with Gasteiger partial charge >= 0.3 is 10.3 Å². The van der Waals surface area contributed by atoms with Crippen molar-refractivity contribution in [3.8, 4) is 5.75 Å². The monoisotopic (exact) mass is 531 g/mol. The van der Waals surface area contributed by atoms with E-state index in [1.54, 1.807) is 0 Å². The predicted molar refractivity (Wildman–Crippen MR) is 149 cm³/mol. The number of aromatic hydroxyl groups is 1. The Bertz CT molecular complexity index is 1340. The maximum atomic E-state index is 13.9. The van der Waals surface area contributed by atoms with Gasteiger partial charge in [-0.1, -0.05) is 73.7 Å². The number of nitrogens with zero attached hydrogens (tertiary/aromatic N) is 1. The van der Waals surface area contributed by atoms with Gasteiger partial charge in [0, 0.05) is 13.1 Å². The number of hydrogen-bond donors (Lipinski definition) is 1. The molecule has 3 aliphatic rings. The summed E-state index contributed by atoms with van der Waals surface area (Å²) in [5, 5.41) is 9.97. The summed E-state index contributed by atoms with van der Waals surface area (Å²) < 4.78 is 35.4. The van der Waals surface area contributed by atoms with Crippen molar-refractivity contribution >= 4 is 10.3 Å². The number of benzene rings is 3. The van der Waals surface area contributed by atoms with Gasteiger partial charge in [0.15, 0.2) is 0 Å². The topological polar surface area (TPSA) is 66.8 Å². The van der Waals surface area contributed by atoms with Crippen LogP contribution in [0.15, 0.2) is 78.9 Å². The van der Waals surface area contributed by atoms with Crippen molar-refractivity contribution in [2.75, 3.05) is 0 Å². The van der Waals surface area contributed by atoms with Crippen molar-refractivity contribution in [3.05, 3.63) is 101 Å². The van der Waals surface area contributed by atoms with Crippen molar-refractivity contribution < 1.29 is 17.7 Å². The van der Waals surface area contributed by atoms with E-state index in [9.17, 15) is 13.5 Å². The molecule has 200 valence electrons. The lowest BCUT2D eigenvalue weighted by atomic mass is 9.55. The molecule has 3 unspecified atom stereocenters. The van der Waals surface area contributed by atoms with Crippen LogP contribution in [0.1, 0.15) is 67.2 Å². The molecule has 0 spiro atoms. The van der Waals surface area contributed by atoms with Gasteiger partial charge in [-0.3, -0.25) is 4.18 Å². The molecule has 1 N–H and O–H groups in total. The van der Waals surface area contributed by atoms with Crippen LogP contribution in [0.4, 0.5) is 0 Å². The Hall–Kier alpha value is -2.67. The molecule has 0 amide bonds. The molecule has 0 aromatic heterocycles. The number of fused-ring (bicyclic) bond motifs is 5. The Morgan fingerprint density at radius 3 is 2.21 bits per heavy atom. The second-order valence-corrected chi connectivity index (χ2v) is 13.3. The van der Waals surface area contributed by atoms with E-state index in [4.69, 9.17) is 4.18 Å². The lowest BCUT2D eigenvalue weighted by Gasteiger charge is -2.50. The Labute approximate surface area is 226 Å². The van der Waals surface area contributed by atoms with E-state index in [0.717, 1.165) is 49.7 Å². The third-order valence-corrected chi connectivity index (χ3v) is 10.9. The Morgan fingerprint density at radius 1 is 0.895 bits per heavy atom. The molecule has 6 rings (SSSR count). The smallest absolute Gasteiger partial charge is 0.339 e. The molecular weight excluding hydrogens is 494 g/mol. The Kier molecular flexibility index (Phi) is 6.83. The van der Waals surface area contributed by atoms with Crippen molar-refractivity contribution in [2.24, 2.45) is 17.3 Å². The van der Waals surface area contributed by atoms with Crippen LogP contribution in [-0.2, 0) is 34.0 Å². The minimum Gasteiger partial charge on any atom is -0.508 e. The van der Waals surface area contributed by atoms with Crippen molar-refractivity contribution in [1.82, 2.24) is 4.31 Å². The average molecular weight is 532 g/mol. The molecule has 3 aliphatic carbocycles. The van der Waals surface area contributed by atoms with Crippen LogP contribution in [0, 0.1) is 17.3 Å². The SMILES string of the molecule is C[C@]12CCC3c4ccc(O)cc4CCC3C1CC[C@@H]2OS(=O)(=O)N(Cc1ccccc1)Cc1ccccc1. The summed E-state index contributed by atoms with van der Waals surface area (Å²) in [5.41, 5.74) is 4.39.